The predicted molar refractivity (Wildman–Crippen MR) is 117 cm³/mol. The highest BCUT2D eigenvalue weighted by molar-refractivity contribution is 5.06. The minimum atomic E-state index is -0.464. The van der Waals surface area contributed by atoms with Crippen LogP contribution in [0.15, 0.2) is 0 Å². The Labute approximate surface area is 174 Å². The number of nitrogens with zero attached hydrogens (tertiary/aromatic N) is 1. The van der Waals surface area contributed by atoms with Gasteiger partial charge in [-0.05, 0) is 87.4 Å². The Bertz CT molecular complexity index is 553. The molecule has 9 atom stereocenters. The molecule has 0 aromatic heterocycles. The van der Waals surface area contributed by atoms with Crippen molar-refractivity contribution in [3.63, 3.8) is 0 Å². The lowest BCUT2D eigenvalue weighted by Crippen LogP contribution is -2.61. The molecule has 4 fully saturated rings. The first kappa shape index (κ1) is 21.1. The summed E-state index contributed by atoms with van der Waals surface area (Å²) in [5.41, 5.74) is 0.0134. The molecule has 3 saturated carbocycles. The summed E-state index contributed by atoms with van der Waals surface area (Å²) in [4.78, 5) is 2.56. The molecule has 4 unspecified atom stereocenters. The molecule has 0 aromatic carbocycles. The second-order valence-corrected chi connectivity index (χ2v) is 11.7. The van der Waals surface area contributed by atoms with Gasteiger partial charge in [-0.3, -0.25) is 4.90 Å². The van der Waals surface area contributed by atoms with E-state index in [2.05, 4.69) is 44.8 Å². The van der Waals surface area contributed by atoms with Crippen LogP contribution in [0, 0.1) is 35.0 Å². The molecule has 0 bridgehead atoms. The number of aliphatic hydroxyl groups is 1. The van der Waals surface area contributed by atoms with Gasteiger partial charge < -0.3 is 10.4 Å². The molecule has 3 aliphatic carbocycles. The van der Waals surface area contributed by atoms with E-state index < -0.39 is 5.60 Å². The van der Waals surface area contributed by atoms with Crippen molar-refractivity contribution in [2.75, 3.05) is 19.6 Å². The lowest BCUT2D eigenvalue weighted by molar-refractivity contribution is -0.148. The van der Waals surface area contributed by atoms with Crippen LogP contribution in [-0.4, -0.2) is 47.3 Å². The van der Waals surface area contributed by atoms with Gasteiger partial charge in [0, 0.05) is 31.7 Å². The number of β-amino-alcohol motifs (C(OH)–C–C–N with tert-alkyl or cyclic N) is 1. The summed E-state index contributed by atoms with van der Waals surface area (Å²) >= 11 is 0. The van der Waals surface area contributed by atoms with Gasteiger partial charge >= 0.3 is 0 Å². The fourth-order valence-electron chi connectivity index (χ4n) is 8.18. The van der Waals surface area contributed by atoms with Crippen molar-refractivity contribution in [1.29, 1.82) is 0 Å². The molecular formula is C25H46N2O. The molecule has 0 radical (unpaired) electrons. The molecule has 3 nitrogen and oxygen atoms in total. The van der Waals surface area contributed by atoms with Gasteiger partial charge in [-0.1, -0.05) is 33.6 Å². The van der Waals surface area contributed by atoms with E-state index in [-0.39, 0.29) is 0 Å². The molecule has 4 rings (SSSR count). The molecule has 0 spiro atoms. The van der Waals surface area contributed by atoms with Crippen molar-refractivity contribution in [3.8, 4) is 0 Å². The Morgan fingerprint density at radius 3 is 2.61 bits per heavy atom. The van der Waals surface area contributed by atoms with Crippen LogP contribution in [0.4, 0.5) is 0 Å². The fourth-order valence-corrected chi connectivity index (χ4v) is 8.18. The van der Waals surface area contributed by atoms with Gasteiger partial charge in [0.25, 0.3) is 0 Å². The SMILES string of the molecule is CC[C@@H]1C(C)CC[C@H]2[C@H]1CCC1C[C@@](O)(CN3CC(C)NCC3C)CC[C@@]12C. The third-order valence-corrected chi connectivity index (χ3v) is 9.98. The van der Waals surface area contributed by atoms with Gasteiger partial charge in [-0.2, -0.15) is 0 Å². The number of nitrogens with one attached hydrogen (secondary N) is 1. The number of fused-ring (bicyclic) bond motifs is 3. The van der Waals surface area contributed by atoms with Crippen LogP contribution in [0.3, 0.4) is 0 Å². The topological polar surface area (TPSA) is 35.5 Å². The van der Waals surface area contributed by atoms with E-state index in [1.165, 1.54) is 38.5 Å². The smallest absolute Gasteiger partial charge is 0.0777 e. The van der Waals surface area contributed by atoms with Gasteiger partial charge in [0.15, 0.2) is 0 Å². The van der Waals surface area contributed by atoms with Crippen LogP contribution in [0.5, 0.6) is 0 Å². The number of hydrogen-bond donors (Lipinski definition) is 2. The summed E-state index contributed by atoms with van der Waals surface area (Å²) in [7, 11) is 0. The first-order valence-corrected chi connectivity index (χ1v) is 12.5. The van der Waals surface area contributed by atoms with Crippen LogP contribution in [-0.2, 0) is 0 Å². The molecule has 1 saturated heterocycles. The third kappa shape index (κ3) is 3.69. The highest BCUT2D eigenvalue weighted by Crippen LogP contribution is 2.62. The van der Waals surface area contributed by atoms with Crippen molar-refractivity contribution in [2.45, 2.75) is 104 Å². The number of hydrogen-bond acceptors (Lipinski definition) is 3. The zero-order chi connectivity index (χ0) is 20.1. The van der Waals surface area contributed by atoms with Crippen LogP contribution in [0.1, 0.15) is 86.0 Å². The van der Waals surface area contributed by atoms with Crippen molar-refractivity contribution in [2.24, 2.45) is 35.0 Å². The van der Waals surface area contributed by atoms with Crippen molar-refractivity contribution in [1.82, 2.24) is 10.2 Å². The van der Waals surface area contributed by atoms with Gasteiger partial charge in [0.2, 0.25) is 0 Å². The Kier molecular flexibility index (Phi) is 5.92. The summed E-state index contributed by atoms with van der Waals surface area (Å²) in [6, 6.07) is 1.08. The molecule has 1 heterocycles. The summed E-state index contributed by atoms with van der Waals surface area (Å²) in [6.45, 7) is 15.2. The Balaban J connectivity index is 1.46. The fraction of sp³-hybridized carbons (Fsp3) is 1.00. The average molecular weight is 391 g/mol. The molecule has 28 heavy (non-hydrogen) atoms. The Hall–Kier alpha value is -0.120. The van der Waals surface area contributed by atoms with Gasteiger partial charge in [-0.15, -0.1) is 0 Å². The first-order chi connectivity index (χ1) is 13.3. The zero-order valence-corrected chi connectivity index (χ0v) is 19.2. The highest BCUT2D eigenvalue weighted by Gasteiger charge is 2.56. The van der Waals surface area contributed by atoms with E-state index in [0.29, 0.717) is 17.5 Å². The minimum Gasteiger partial charge on any atom is -0.389 e. The summed E-state index contributed by atoms with van der Waals surface area (Å²) < 4.78 is 0. The molecule has 3 heteroatoms. The molecule has 2 N–H and O–H groups in total. The monoisotopic (exact) mass is 390 g/mol. The van der Waals surface area contributed by atoms with E-state index in [1.54, 1.807) is 0 Å². The van der Waals surface area contributed by atoms with Crippen molar-refractivity contribution < 1.29 is 5.11 Å². The maximum absolute atomic E-state index is 11.7. The predicted octanol–water partition coefficient (Wildman–Crippen LogP) is 4.69. The average Bonchev–Trinajstić information content (AvgIpc) is 2.65. The third-order valence-electron chi connectivity index (χ3n) is 9.98. The van der Waals surface area contributed by atoms with Gasteiger partial charge in [0.1, 0.15) is 0 Å². The van der Waals surface area contributed by atoms with E-state index in [9.17, 15) is 5.11 Å². The second kappa shape index (κ2) is 7.85. The van der Waals surface area contributed by atoms with Gasteiger partial charge in [0.05, 0.1) is 5.60 Å². The van der Waals surface area contributed by atoms with E-state index >= 15 is 0 Å². The molecule has 162 valence electrons. The van der Waals surface area contributed by atoms with Crippen LogP contribution in [0.2, 0.25) is 0 Å². The molecule has 0 aromatic rings. The quantitative estimate of drug-likeness (QED) is 0.734. The largest absolute Gasteiger partial charge is 0.389 e. The van der Waals surface area contributed by atoms with E-state index in [1.807, 2.05) is 0 Å². The standard InChI is InChI=1S/C25H46N2O/c1-6-21-17(2)7-10-23-22(21)9-8-20-13-25(28,12-11-24(20,23)5)16-27-15-18(3)26-14-19(27)4/h17-23,26,28H,6-16H2,1-5H3/t17?,18?,19?,20?,21-,22+,23+,24+,25-/m1/s1. The number of piperazine rings is 1. The van der Waals surface area contributed by atoms with Gasteiger partial charge in [-0.25, -0.2) is 0 Å². The Morgan fingerprint density at radius 2 is 1.86 bits per heavy atom. The summed E-state index contributed by atoms with van der Waals surface area (Å²) in [6.07, 6.45) is 10.3. The van der Waals surface area contributed by atoms with E-state index in [0.717, 1.165) is 62.1 Å². The molecule has 0 amide bonds. The maximum atomic E-state index is 11.7. The van der Waals surface area contributed by atoms with Crippen LogP contribution in [0.25, 0.3) is 0 Å². The van der Waals surface area contributed by atoms with Crippen LogP contribution >= 0.6 is 0 Å². The lowest BCUT2D eigenvalue weighted by atomic mass is 9.45. The first-order valence-electron chi connectivity index (χ1n) is 12.5. The molecule has 1 aliphatic heterocycles. The maximum Gasteiger partial charge on any atom is 0.0777 e. The number of rotatable bonds is 3. The van der Waals surface area contributed by atoms with Crippen LogP contribution < -0.4 is 5.32 Å². The highest BCUT2D eigenvalue weighted by atomic mass is 16.3. The Morgan fingerprint density at radius 1 is 1.07 bits per heavy atom. The molecular weight excluding hydrogens is 344 g/mol. The van der Waals surface area contributed by atoms with Crippen molar-refractivity contribution >= 4 is 0 Å². The summed E-state index contributed by atoms with van der Waals surface area (Å²) in [5.74, 6) is 4.46. The minimum absolute atomic E-state index is 0.464. The normalized spacial score (nSPS) is 52.7. The molecule has 4 aliphatic rings. The summed E-state index contributed by atoms with van der Waals surface area (Å²) in [5, 5.41) is 15.2. The lowest BCUT2D eigenvalue weighted by Gasteiger charge is -2.61. The zero-order valence-electron chi connectivity index (χ0n) is 19.2. The second-order valence-electron chi connectivity index (χ2n) is 11.7. The van der Waals surface area contributed by atoms with E-state index in [4.69, 9.17) is 0 Å². The van der Waals surface area contributed by atoms with Crippen molar-refractivity contribution in [3.05, 3.63) is 0 Å².